The fourth-order valence-corrected chi connectivity index (χ4v) is 33.0. The van der Waals surface area contributed by atoms with E-state index >= 15 is 0 Å². The van der Waals surface area contributed by atoms with Crippen LogP contribution in [0.1, 0.15) is 280 Å². The number of hydrogen-bond donors (Lipinski definition) is 0. The summed E-state index contributed by atoms with van der Waals surface area (Å²) in [5.74, 6) is 35.7. The van der Waals surface area contributed by atoms with Crippen LogP contribution < -0.4 is 35.9 Å². The van der Waals surface area contributed by atoms with Gasteiger partial charge >= 0.3 is 679 Å². The van der Waals surface area contributed by atoms with E-state index in [1.807, 2.05) is 0 Å². The van der Waals surface area contributed by atoms with Crippen LogP contribution in [0.3, 0.4) is 0 Å². The molecule has 0 aliphatic heterocycles. The molecular weight excluding hydrogens is 1550 g/mol. The number of aryl methyl sites for hydroxylation is 8. The van der Waals surface area contributed by atoms with Crippen molar-refractivity contribution < 1.29 is 18.3 Å². The van der Waals surface area contributed by atoms with Crippen LogP contribution in [-0.4, -0.2) is 53.1 Å². The molecular formula is C100H152Ge4N4+4. The van der Waals surface area contributed by atoms with E-state index < -0.39 is 53.1 Å². The van der Waals surface area contributed by atoms with E-state index in [1.165, 1.54) is 205 Å². The summed E-state index contributed by atoms with van der Waals surface area (Å²) in [7, 11) is 9.00. The average Bonchev–Trinajstić information content (AvgIpc) is 1.25. The zero-order chi connectivity index (χ0) is 79.3. The molecule has 0 amide bonds. The molecule has 0 atom stereocenters. The predicted octanol–water partition coefficient (Wildman–Crippen LogP) is 24.3. The Morgan fingerprint density at radius 1 is 0.352 bits per heavy atom. The minimum absolute atomic E-state index is 0.176. The first-order valence-corrected chi connectivity index (χ1v) is 72.6. The minimum atomic E-state index is -1.97. The third-order valence-corrected chi connectivity index (χ3v) is 42.6. The summed E-state index contributed by atoms with van der Waals surface area (Å²) in [6, 6.07) is 38.6. The van der Waals surface area contributed by atoms with Crippen LogP contribution in [-0.2, 0) is 40.0 Å². The normalized spacial score (nSPS) is 15.8. The van der Waals surface area contributed by atoms with Gasteiger partial charge in [0.15, 0.2) is 0 Å². The standard InChI is InChI=1S/C26H40GeN.2C25H38GeN.C24H36GeN/c1-8-20(9-2)22-15-14-19(3)23(16-22)26-17-25(27(4,5)6)24(18-28(26)7)21-12-10-11-13-21;1-18-13-14-20(25(2,3)4)15-21(18)24-16-23(26(5,6)7)22(17-27(24)8)19-11-9-10-12-19;1-18(2)14-20-13-12-19(3)22(15-20)25-16-24(26(4,5)6)23(17-27(25)7)21-10-8-9-11-21;1-17(2)20-13-12-18(3)21(14-20)24-15-23(25(4,5)6)22(16-26(24)7)19-10-8-9-11-19/h14-18,20-21H,8-13H2,1-7H3;13-17,19H,9-12H2,1-8H3;12-13,15-18,21H,8-11,14H2,1-7H3;12-17,19H,8-11H2,1-7H3/q4*+1. The summed E-state index contributed by atoms with van der Waals surface area (Å²) in [4.78, 5) is 0. The van der Waals surface area contributed by atoms with Crippen molar-refractivity contribution in [3.63, 3.8) is 0 Å². The topological polar surface area (TPSA) is 15.5 Å². The van der Waals surface area contributed by atoms with Crippen molar-refractivity contribution in [3.05, 3.63) is 189 Å². The van der Waals surface area contributed by atoms with Crippen LogP contribution in [0.4, 0.5) is 0 Å². The van der Waals surface area contributed by atoms with Gasteiger partial charge in [-0.25, -0.2) is 0 Å². The second kappa shape index (κ2) is 36.9. The van der Waals surface area contributed by atoms with Gasteiger partial charge in [-0.2, -0.15) is 0 Å². The Kier molecular flexibility index (Phi) is 29.9. The third-order valence-electron chi connectivity index (χ3n) is 25.4. The molecule has 4 aliphatic carbocycles. The molecule has 12 rings (SSSR count). The Hall–Kier alpha value is -4.35. The molecule has 4 aromatic heterocycles. The summed E-state index contributed by atoms with van der Waals surface area (Å²) < 4.78 is 16.5. The van der Waals surface area contributed by atoms with Crippen molar-refractivity contribution in [1.29, 1.82) is 0 Å². The Bertz CT molecular complexity index is 4370. The molecule has 4 fully saturated rings. The molecule has 0 saturated heterocycles. The molecule has 0 unspecified atom stereocenters. The number of benzene rings is 4. The van der Waals surface area contributed by atoms with Gasteiger partial charge in [-0.15, -0.1) is 0 Å². The number of rotatable bonds is 18. The number of aromatic nitrogens is 4. The molecule has 584 valence electrons. The van der Waals surface area contributed by atoms with Crippen molar-refractivity contribution in [2.45, 2.75) is 322 Å². The van der Waals surface area contributed by atoms with Gasteiger partial charge in [0.25, 0.3) is 0 Å². The number of nitrogens with zero attached hydrogens (tertiary/aromatic N) is 4. The molecule has 0 bridgehead atoms. The Labute approximate surface area is 672 Å². The Morgan fingerprint density at radius 3 is 0.898 bits per heavy atom. The summed E-state index contributed by atoms with van der Waals surface area (Å²) in [6.07, 6.45) is 35.8. The number of hydrogen-bond acceptors (Lipinski definition) is 0. The van der Waals surface area contributed by atoms with Crippen LogP contribution in [0.15, 0.2) is 122 Å². The fraction of sp³-hybridized carbons (Fsp3) is 0.560. The summed E-state index contributed by atoms with van der Waals surface area (Å²) in [6.45, 7) is 29.8. The van der Waals surface area contributed by atoms with E-state index in [-0.39, 0.29) is 5.41 Å². The maximum atomic E-state index is 2.59. The van der Waals surface area contributed by atoms with Crippen LogP contribution in [0.5, 0.6) is 0 Å². The van der Waals surface area contributed by atoms with E-state index in [0.717, 1.165) is 30.1 Å². The summed E-state index contributed by atoms with van der Waals surface area (Å²) in [5.41, 5.74) is 29.4. The van der Waals surface area contributed by atoms with Crippen molar-refractivity contribution in [1.82, 2.24) is 0 Å². The van der Waals surface area contributed by atoms with Crippen molar-refractivity contribution in [3.8, 4) is 45.0 Å². The van der Waals surface area contributed by atoms with Gasteiger partial charge in [-0.1, -0.05) is 0 Å². The van der Waals surface area contributed by atoms with Crippen LogP contribution in [0, 0.1) is 33.6 Å². The van der Waals surface area contributed by atoms with E-state index in [4.69, 9.17) is 0 Å². The Balaban J connectivity index is 0.000000166. The second-order valence-electron chi connectivity index (χ2n) is 40.3. The van der Waals surface area contributed by atoms with E-state index in [9.17, 15) is 0 Å². The van der Waals surface area contributed by atoms with E-state index in [1.54, 1.807) is 39.8 Å². The van der Waals surface area contributed by atoms with Gasteiger partial charge in [-0.05, 0) is 0 Å². The molecule has 0 N–H and O–H groups in total. The first kappa shape index (κ1) is 87.6. The van der Waals surface area contributed by atoms with Crippen molar-refractivity contribution in [2.24, 2.45) is 34.1 Å². The molecule has 4 heterocycles. The number of pyridine rings is 4. The monoisotopic (exact) mass is 1700 g/mol. The zero-order valence-electron chi connectivity index (χ0n) is 74.3. The molecule has 8 aromatic rings. The molecule has 8 heteroatoms. The molecule has 4 aliphatic rings. The van der Waals surface area contributed by atoms with Gasteiger partial charge in [-0.3, -0.25) is 0 Å². The summed E-state index contributed by atoms with van der Waals surface area (Å²) >= 11 is -7.83. The van der Waals surface area contributed by atoms with Gasteiger partial charge in [0.1, 0.15) is 0 Å². The fourth-order valence-electron chi connectivity index (χ4n) is 18.7. The zero-order valence-corrected chi connectivity index (χ0v) is 82.7. The summed E-state index contributed by atoms with van der Waals surface area (Å²) in [5, 5.41) is 0. The Morgan fingerprint density at radius 2 is 0.620 bits per heavy atom. The molecule has 0 radical (unpaired) electrons. The quantitative estimate of drug-likeness (QED) is 0.0601. The van der Waals surface area contributed by atoms with Gasteiger partial charge in [0, 0.05) is 0 Å². The molecule has 4 aromatic carbocycles. The maximum absolute atomic E-state index is 2.59. The van der Waals surface area contributed by atoms with E-state index in [2.05, 4.69) is 327 Å². The van der Waals surface area contributed by atoms with E-state index in [0.29, 0.717) is 17.8 Å². The van der Waals surface area contributed by atoms with Gasteiger partial charge in [0.05, 0.1) is 0 Å². The van der Waals surface area contributed by atoms with Crippen molar-refractivity contribution >= 4 is 70.6 Å². The molecule has 4 nitrogen and oxygen atoms in total. The predicted molar refractivity (Wildman–Crippen MR) is 483 cm³/mol. The first-order valence-electron chi connectivity index (χ1n) is 43.2. The van der Waals surface area contributed by atoms with Crippen LogP contribution in [0.2, 0.25) is 69.1 Å². The van der Waals surface area contributed by atoms with Gasteiger partial charge < -0.3 is 0 Å². The second-order valence-corrected chi connectivity index (χ2v) is 82.6. The van der Waals surface area contributed by atoms with Crippen LogP contribution in [0.25, 0.3) is 45.0 Å². The van der Waals surface area contributed by atoms with Gasteiger partial charge in [0.2, 0.25) is 0 Å². The molecule has 0 spiro atoms. The molecule has 108 heavy (non-hydrogen) atoms. The SMILES string of the molecule is CCC(CC)c1ccc(C)c(-c2c[c]([Ge]([CH3])([CH3])[CH3])c(C3CCCC3)c[n+]2C)c1.Cc1ccc(C(C)(C)C)cc1-c1c[c]([Ge]([CH3])([CH3])[CH3])c(C2CCCC2)c[n+]1C.Cc1ccc(C(C)C)cc1-c1c[c]([Ge]([CH3])([CH3])[CH3])c(C2CCCC2)c[n+]1C.Cc1ccc(CC(C)C)cc1-c1c[c]([Ge]([CH3])([CH3])[CH3])c(C2CCCC2)c[n+]1C. The van der Waals surface area contributed by atoms with Crippen LogP contribution >= 0.6 is 0 Å². The molecule has 4 saturated carbocycles. The third kappa shape index (κ3) is 21.7. The average molecular weight is 1700 g/mol. The first-order chi connectivity index (χ1) is 50.6. The van der Waals surface area contributed by atoms with Crippen molar-refractivity contribution in [2.75, 3.05) is 0 Å².